The molecule has 21 heavy (non-hydrogen) atoms. The van der Waals surface area contributed by atoms with E-state index in [1.807, 2.05) is 6.92 Å². The summed E-state index contributed by atoms with van der Waals surface area (Å²) in [5.41, 5.74) is 0.725. The van der Waals surface area contributed by atoms with Crippen LogP contribution in [0.15, 0.2) is 0 Å². The molecule has 0 aliphatic heterocycles. The third-order valence-corrected chi connectivity index (χ3v) is 4.76. The van der Waals surface area contributed by atoms with Crippen LogP contribution in [0.5, 0.6) is 0 Å². The number of nitrogens with zero attached hydrogens (tertiary/aromatic N) is 3. The molecule has 0 aliphatic rings. The second-order valence-corrected chi connectivity index (χ2v) is 6.03. The molecule has 8 heteroatoms. The zero-order valence-electron chi connectivity index (χ0n) is 12.4. The number of aryl methyl sites for hydroxylation is 2. The zero-order chi connectivity index (χ0) is 15.7. The number of carboxylic acids is 1. The van der Waals surface area contributed by atoms with Crippen LogP contribution in [-0.2, 0) is 4.79 Å². The molecule has 2 aromatic rings. The fraction of sp³-hybridized carbons (Fsp3) is 0.538. The van der Waals surface area contributed by atoms with Gasteiger partial charge in [0.2, 0.25) is 4.96 Å². The molecule has 0 bridgehead atoms. The highest BCUT2D eigenvalue weighted by atomic mass is 32.1. The molecule has 2 heterocycles. The number of carbonyl (C=O) groups is 2. The Hall–Kier alpha value is -1.96. The number of hydrogen-bond donors (Lipinski definition) is 2. The van der Waals surface area contributed by atoms with Crippen molar-refractivity contribution in [2.45, 2.75) is 40.2 Å². The van der Waals surface area contributed by atoms with E-state index in [2.05, 4.69) is 15.5 Å². The molecule has 0 saturated heterocycles. The highest BCUT2D eigenvalue weighted by Crippen LogP contribution is 2.23. The molecule has 114 valence electrons. The first-order chi connectivity index (χ1) is 9.86. The Balaban J connectivity index is 2.29. The van der Waals surface area contributed by atoms with Crippen molar-refractivity contribution in [3.63, 3.8) is 0 Å². The number of fused-ring (bicyclic) bond motifs is 1. The Bertz CT molecular complexity index is 691. The Labute approximate surface area is 126 Å². The number of carboxylic acid groups (broad SMARTS) is 1. The summed E-state index contributed by atoms with van der Waals surface area (Å²) in [4.78, 5) is 24.7. The first-order valence-corrected chi connectivity index (χ1v) is 7.53. The fourth-order valence-corrected chi connectivity index (χ4v) is 3.18. The highest BCUT2D eigenvalue weighted by molar-refractivity contribution is 7.19. The van der Waals surface area contributed by atoms with Crippen LogP contribution in [0.1, 0.15) is 41.5 Å². The number of hydrogen-bond acceptors (Lipinski definition) is 5. The average Bonchev–Trinajstić information content (AvgIpc) is 2.96. The molecular formula is C13H18N4O3S. The summed E-state index contributed by atoms with van der Waals surface area (Å²) < 4.78 is 1.79. The lowest BCUT2D eigenvalue weighted by Crippen LogP contribution is -2.45. The minimum absolute atomic E-state index is 0.140. The number of aromatic nitrogens is 3. The summed E-state index contributed by atoms with van der Waals surface area (Å²) in [6.45, 7) is 7.31. The van der Waals surface area contributed by atoms with E-state index in [0.29, 0.717) is 22.1 Å². The van der Waals surface area contributed by atoms with Crippen molar-refractivity contribution >= 4 is 28.2 Å². The average molecular weight is 310 g/mol. The number of carbonyl (C=O) groups excluding carboxylic acids is 1. The minimum atomic E-state index is -1.02. The van der Waals surface area contributed by atoms with Crippen LogP contribution in [0.2, 0.25) is 0 Å². The maximum absolute atomic E-state index is 12.4. The maximum Gasteiger partial charge on any atom is 0.326 e. The summed E-state index contributed by atoms with van der Waals surface area (Å²) in [5.74, 6) is -0.835. The van der Waals surface area contributed by atoms with Gasteiger partial charge in [-0.15, -0.1) is 10.2 Å². The van der Waals surface area contributed by atoms with Gasteiger partial charge in [0.05, 0.1) is 0 Å². The van der Waals surface area contributed by atoms with Gasteiger partial charge < -0.3 is 10.4 Å². The van der Waals surface area contributed by atoms with Gasteiger partial charge in [-0.2, -0.15) is 0 Å². The summed E-state index contributed by atoms with van der Waals surface area (Å²) in [7, 11) is 0. The van der Waals surface area contributed by atoms with Crippen molar-refractivity contribution in [1.82, 2.24) is 19.9 Å². The van der Waals surface area contributed by atoms with Crippen molar-refractivity contribution in [3.8, 4) is 0 Å². The standard InChI is InChI=1S/C13H18N4O3S/c1-5-6(2)9(12(19)20)14-11(18)10-7(3)17-8(4)15-16-13(17)21-10/h6,9H,5H2,1-4H3,(H,14,18)(H,19,20). The molecule has 7 nitrogen and oxygen atoms in total. The monoisotopic (exact) mass is 310 g/mol. The third kappa shape index (κ3) is 2.76. The van der Waals surface area contributed by atoms with Crippen molar-refractivity contribution in [2.24, 2.45) is 5.92 Å². The van der Waals surface area contributed by atoms with Gasteiger partial charge in [-0.3, -0.25) is 9.20 Å². The van der Waals surface area contributed by atoms with E-state index >= 15 is 0 Å². The molecule has 0 saturated carbocycles. The quantitative estimate of drug-likeness (QED) is 0.875. The van der Waals surface area contributed by atoms with Crippen LogP contribution in [0, 0.1) is 19.8 Å². The number of nitrogens with one attached hydrogen (secondary N) is 1. The van der Waals surface area contributed by atoms with Crippen molar-refractivity contribution in [1.29, 1.82) is 0 Å². The number of thiazole rings is 1. The van der Waals surface area contributed by atoms with E-state index in [1.165, 1.54) is 11.3 Å². The van der Waals surface area contributed by atoms with Crippen LogP contribution in [0.3, 0.4) is 0 Å². The number of rotatable bonds is 5. The summed E-state index contributed by atoms with van der Waals surface area (Å²) in [6, 6.07) is -0.893. The Kier molecular flexibility index (Phi) is 4.26. The van der Waals surface area contributed by atoms with E-state index in [9.17, 15) is 14.7 Å². The summed E-state index contributed by atoms with van der Waals surface area (Å²) >= 11 is 1.21. The molecule has 0 spiro atoms. The van der Waals surface area contributed by atoms with Crippen LogP contribution in [-0.4, -0.2) is 37.6 Å². The predicted molar refractivity (Wildman–Crippen MR) is 78.7 cm³/mol. The molecule has 2 aromatic heterocycles. The van der Waals surface area contributed by atoms with Gasteiger partial charge >= 0.3 is 5.97 Å². The zero-order valence-corrected chi connectivity index (χ0v) is 13.2. The van der Waals surface area contributed by atoms with Crippen LogP contribution < -0.4 is 5.32 Å². The van der Waals surface area contributed by atoms with Gasteiger partial charge in [0, 0.05) is 5.69 Å². The lowest BCUT2D eigenvalue weighted by Gasteiger charge is -2.19. The Morgan fingerprint density at radius 1 is 1.38 bits per heavy atom. The smallest absolute Gasteiger partial charge is 0.326 e. The molecule has 2 atom stereocenters. The minimum Gasteiger partial charge on any atom is -0.480 e. The fourth-order valence-electron chi connectivity index (χ4n) is 2.16. The molecule has 0 aliphatic carbocycles. The second-order valence-electron chi connectivity index (χ2n) is 5.06. The van der Waals surface area contributed by atoms with Gasteiger partial charge in [0.1, 0.15) is 16.7 Å². The first-order valence-electron chi connectivity index (χ1n) is 6.71. The van der Waals surface area contributed by atoms with E-state index < -0.39 is 12.0 Å². The lowest BCUT2D eigenvalue weighted by atomic mass is 9.99. The Morgan fingerprint density at radius 2 is 2.05 bits per heavy atom. The first kappa shape index (κ1) is 15.4. The van der Waals surface area contributed by atoms with Crippen LogP contribution in [0.4, 0.5) is 0 Å². The van der Waals surface area contributed by atoms with E-state index in [-0.39, 0.29) is 11.8 Å². The molecule has 0 aromatic carbocycles. The van der Waals surface area contributed by atoms with Crippen molar-refractivity contribution < 1.29 is 14.7 Å². The van der Waals surface area contributed by atoms with E-state index in [4.69, 9.17) is 0 Å². The van der Waals surface area contributed by atoms with Crippen LogP contribution >= 0.6 is 11.3 Å². The Morgan fingerprint density at radius 3 is 2.57 bits per heavy atom. The molecule has 2 N–H and O–H groups in total. The molecular weight excluding hydrogens is 292 g/mol. The lowest BCUT2D eigenvalue weighted by molar-refractivity contribution is -0.140. The normalized spacial score (nSPS) is 14.1. The van der Waals surface area contributed by atoms with Crippen molar-refractivity contribution in [3.05, 3.63) is 16.4 Å². The predicted octanol–water partition coefficient (Wildman–Crippen LogP) is 1.64. The van der Waals surface area contributed by atoms with Gasteiger partial charge in [0.25, 0.3) is 5.91 Å². The van der Waals surface area contributed by atoms with Gasteiger partial charge in [-0.25, -0.2) is 4.79 Å². The van der Waals surface area contributed by atoms with Crippen molar-refractivity contribution in [2.75, 3.05) is 0 Å². The highest BCUT2D eigenvalue weighted by Gasteiger charge is 2.28. The van der Waals surface area contributed by atoms with E-state index in [1.54, 1.807) is 25.2 Å². The van der Waals surface area contributed by atoms with Gasteiger partial charge in [-0.1, -0.05) is 31.6 Å². The molecule has 2 unspecified atom stereocenters. The van der Waals surface area contributed by atoms with Gasteiger partial charge in [0.15, 0.2) is 0 Å². The third-order valence-electron chi connectivity index (χ3n) is 3.62. The summed E-state index contributed by atoms with van der Waals surface area (Å²) in [5, 5.41) is 19.8. The SMILES string of the molecule is CCC(C)C(NC(=O)c1sc2nnc(C)n2c1C)C(=O)O. The molecule has 0 fully saturated rings. The maximum atomic E-state index is 12.4. The second kappa shape index (κ2) is 5.80. The largest absolute Gasteiger partial charge is 0.480 e. The summed E-state index contributed by atoms with van der Waals surface area (Å²) in [6.07, 6.45) is 0.674. The number of amides is 1. The van der Waals surface area contributed by atoms with Gasteiger partial charge in [-0.05, 0) is 19.8 Å². The topological polar surface area (TPSA) is 96.6 Å². The number of aliphatic carboxylic acids is 1. The molecule has 1 amide bonds. The molecule has 0 radical (unpaired) electrons. The van der Waals surface area contributed by atoms with E-state index in [0.717, 1.165) is 5.69 Å². The van der Waals surface area contributed by atoms with Crippen LogP contribution in [0.25, 0.3) is 4.96 Å². The molecule has 2 rings (SSSR count).